The molecule has 0 amide bonds. The summed E-state index contributed by atoms with van der Waals surface area (Å²) in [5.41, 5.74) is 17.0. The van der Waals surface area contributed by atoms with Gasteiger partial charge in [0.05, 0.1) is 0 Å². The summed E-state index contributed by atoms with van der Waals surface area (Å²) in [7, 11) is 0. The van der Waals surface area contributed by atoms with Crippen molar-refractivity contribution in [3.05, 3.63) is 185 Å². The van der Waals surface area contributed by atoms with Crippen molar-refractivity contribution < 1.29 is 0 Å². The summed E-state index contributed by atoms with van der Waals surface area (Å²) in [5, 5.41) is 10.5. The van der Waals surface area contributed by atoms with Gasteiger partial charge in [0.2, 0.25) is 0 Å². The first-order valence-corrected chi connectivity index (χ1v) is 19.7. The minimum absolute atomic E-state index is 0.127. The molecule has 0 radical (unpaired) electrons. The van der Waals surface area contributed by atoms with Crippen LogP contribution in [0.3, 0.4) is 0 Å². The van der Waals surface area contributed by atoms with Gasteiger partial charge >= 0.3 is 0 Å². The Morgan fingerprint density at radius 2 is 0.691 bits per heavy atom. The Morgan fingerprint density at radius 3 is 1.11 bits per heavy atom. The summed E-state index contributed by atoms with van der Waals surface area (Å²) in [5.74, 6) is 0. The Hall–Kier alpha value is -6.18. The Morgan fingerprint density at radius 1 is 0.327 bits per heavy atom. The van der Waals surface area contributed by atoms with Crippen molar-refractivity contribution in [3.63, 3.8) is 0 Å². The quantitative estimate of drug-likeness (QED) is 0.177. The molecule has 0 N–H and O–H groups in total. The summed E-state index contributed by atoms with van der Waals surface area (Å²) in [6, 6.07) is 57.5. The second kappa shape index (κ2) is 11.2. The lowest BCUT2D eigenvalue weighted by molar-refractivity contribution is 0.672. The van der Waals surface area contributed by atoms with Crippen molar-refractivity contribution in [1.82, 2.24) is 0 Å². The number of nitrogens with zero attached hydrogens (tertiary/aromatic N) is 1. The molecule has 55 heavy (non-hydrogen) atoms. The summed E-state index contributed by atoms with van der Waals surface area (Å²) in [6.45, 7) is 14.0. The summed E-state index contributed by atoms with van der Waals surface area (Å²) >= 11 is 0. The van der Waals surface area contributed by atoms with Gasteiger partial charge in [-0.15, -0.1) is 0 Å². The maximum Gasteiger partial charge on any atom is 0.0468 e. The number of hydrogen-bond acceptors (Lipinski definition) is 1. The van der Waals surface area contributed by atoms with Gasteiger partial charge in [-0.05, 0) is 149 Å². The van der Waals surface area contributed by atoms with Gasteiger partial charge in [-0.3, -0.25) is 0 Å². The first-order chi connectivity index (χ1) is 26.6. The fourth-order valence-corrected chi connectivity index (χ4v) is 10.8. The molecule has 1 nitrogen and oxygen atoms in total. The van der Waals surface area contributed by atoms with Crippen LogP contribution in [0.5, 0.6) is 0 Å². The lowest BCUT2D eigenvalue weighted by Gasteiger charge is -2.29. The molecule has 0 heterocycles. The van der Waals surface area contributed by atoms with Crippen LogP contribution in [0.1, 0.15) is 61.1 Å². The van der Waals surface area contributed by atoms with E-state index in [0.29, 0.717) is 0 Å². The van der Waals surface area contributed by atoms with Gasteiger partial charge in [0.15, 0.2) is 0 Å². The third-order valence-electron chi connectivity index (χ3n) is 12.9. The lowest BCUT2D eigenvalue weighted by atomic mass is 9.78. The monoisotopic (exact) mass is 705 g/mol. The number of anilines is 3. The van der Waals surface area contributed by atoms with Gasteiger partial charge < -0.3 is 4.90 Å². The van der Waals surface area contributed by atoms with Gasteiger partial charge in [0.25, 0.3) is 0 Å². The second-order valence-electron chi connectivity index (χ2n) is 17.1. The predicted octanol–water partition coefficient (Wildman–Crippen LogP) is 15.0. The minimum Gasteiger partial charge on any atom is -0.310 e. The van der Waals surface area contributed by atoms with E-state index < -0.39 is 0 Å². The Balaban J connectivity index is 1.08. The van der Waals surface area contributed by atoms with Gasteiger partial charge in [0.1, 0.15) is 0 Å². The molecule has 0 spiro atoms. The number of aryl methyl sites for hydroxylation is 2. The molecule has 9 aromatic carbocycles. The topological polar surface area (TPSA) is 3.24 Å². The van der Waals surface area contributed by atoms with Crippen LogP contribution in [0.2, 0.25) is 0 Å². The normalized spacial score (nSPS) is 14.7. The van der Waals surface area contributed by atoms with E-state index in [-0.39, 0.29) is 10.8 Å². The molecule has 0 saturated carbocycles. The highest BCUT2D eigenvalue weighted by atomic mass is 15.1. The molecule has 1 heteroatoms. The second-order valence-corrected chi connectivity index (χ2v) is 17.1. The highest BCUT2D eigenvalue weighted by Gasteiger charge is 2.39. The first-order valence-electron chi connectivity index (χ1n) is 19.7. The van der Waals surface area contributed by atoms with Crippen LogP contribution >= 0.6 is 0 Å². The molecule has 0 atom stereocenters. The van der Waals surface area contributed by atoms with Gasteiger partial charge in [0, 0.05) is 27.9 Å². The van der Waals surface area contributed by atoms with E-state index in [9.17, 15) is 0 Å². The fourth-order valence-electron chi connectivity index (χ4n) is 10.8. The summed E-state index contributed by atoms with van der Waals surface area (Å²) in [6.07, 6.45) is 0. The highest BCUT2D eigenvalue weighted by Crippen LogP contribution is 2.56. The molecule has 0 unspecified atom stereocenters. The number of fused-ring (bicyclic) bond motifs is 14. The Kier molecular flexibility index (Phi) is 6.56. The van der Waals surface area contributed by atoms with E-state index in [0.717, 1.165) is 11.4 Å². The molecule has 2 aliphatic carbocycles. The summed E-state index contributed by atoms with van der Waals surface area (Å²) < 4.78 is 0. The smallest absolute Gasteiger partial charge is 0.0468 e. The molecular formula is C54H43N. The average Bonchev–Trinajstić information content (AvgIpc) is 3.57. The SMILES string of the molecule is Cc1cc(C)cc(N(c2ccc3c4c(ccc3c2)-c2ccc3ccccc3c2C4(C)C)c2ccc3c4c(ccc3c2)-c2ccc3ccccc3c2C4(C)C)c1. The van der Waals surface area contributed by atoms with E-state index in [1.54, 1.807) is 0 Å². The first kappa shape index (κ1) is 32.3. The maximum atomic E-state index is 2.46. The minimum atomic E-state index is -0.127. The molecule has 2 aliphatic rings. The van der Waals surface area contributed by atoms with Gasteiger partial charge in [-0.1, -0.05) is 143 Å². The molecule has 264 valence electrons. The molecule has 9 aromatic rings. The van der Waals surface area contributed by atoms with Gasteiger partial charge in [-0.2, -0.15) is 0 Å². The van der Waals surface area contributed by atoms with Crippen LogP contribution in [0.25, 0.3) is 65.3 Å². The van der Waals surface area contributed by atoms with Crippen LogP contribution in [0.4, 0.5) is 17.1 Å². The largest absolute Gasteiger partial charge is 0.310 e. The van der Waals surface area contributed by atoms with Crippen LogP contribution < -0.4 is 4.90 Å². The summed E-state index contributed by atoms with van der Waals surface area (Å²) in [4.78, 5) is 2.46. The molecule has 0 fully saturated rings. The molecule has 0 aliphatic heterocycles. The van der Waals surface area contributed by atoms with E-state index >= 15 is 0 Å². The van der Waals surface area contributed by atoms with Crippen molar-refractivity contribution in [3.8, 4) is 22.3 Å². The van der Waals surface area contributed by atoms with Crippen molar-refractivity contribution in [2.45, 2.75) is 52.4 Å². The molecule has 0 aromatic heterocycles. The Labute approximate surface area is 323 Å². The van der Waals surface area contributed by atoms with E-state index in [4.69, 9.17) is 0 Å². The third-order valence-corrected chi connectivity index (χ3v) is 12.9. The van der Waals surface area contributed by atoms with Crippen LogP contribution in [-0.4, -0.2) is 0 Å². The fraction of sp³-hybridized carbons (Fsp3) is 0.148. The zero-order valence-corrected chi connectivity index (χ0v) is 32.4. The van der Waals surface area contributed by atoms with Crippen LogP contribution in [0, 0.1) is 13.8 Å². The highest BCUT2D eigenvalue weighted by molar-refractivity contribution is 6.06. The van der Waals surface area contributed by atoms with Crippen LogP contribution in [-0.2, 0) is 10.8 Å². The predicted molar refractivity (Wildman–Crippen MR) is 236 cm³/mol. The average molecular weight is 706 g/mol. The van der Waals surface area contributed by atoms with Gasteiger partial charge in [-0.25, -0.2) is 0 Å². The zero-order valence-electron chi connectivity index (χ0n) is 32.4. The Bertz CT molecular complexity index is 2910. The third kappa shape index (κ3) is 4.47. The van der Waals surface area contributed by atoms with Crippen molar-refractivity contribution in [2.24, 2.45) is 0 Å². The van der Waals surface area contributed by atoms with E-state index in [1.807, 2.05) is 0 Å². The van der Waals surface area contributed by atoms with Crippen molar-refractivity contribution in [1.29, 1.82) is 0 Å². The van der Waals surface area contributed by atoms with Crippen LogP contribution in [0.15, 0.2) is 152 Å². The van der Waals surface area contributed by atoms with E-state index in [2.05, 4.69) is 198 Å². The molecule has 0 saturated heterocycles. The molecule has 11 rings (SSSR count). The number of benzene rings is 9. The number of rotatable bonds is 3. The van der Waals surface area contributed by atoms with Crippen molar-refractivity contribution in [2.75, 3.05) is 4.90 Å². The van der Waals surface area contributed by atoms with Crippen molar-refractivity contribution >= 4 is 60.2 Å². The standard InChI is InChI=1S/C54H43N/c1-32-27-33(2)29-40(28-32)55(38-19-25-43-36(30-38)17-23-47-45-21-15-34-11-7-9-13-41(34)49(45)53(3,4)51(43)47)39-20-26-44-37(31-39)18-24-48-46-22-16-35-12-8-10-14-42(35)50(46)54(5,6)52(44)48/h7-31H,1-6H3. The lowest BCUT2D eigenvalue weighted by Crippen LogP contribution is -2.16. The zero-order chi connectivity index (χ0) is 37.4. The molecule has 0 bridgehead atoms. The van der Waals surface area contributed by atoms with E-state index in [1.165, 1.54) is 104 Å². The maximum absolute atomic E-state index is 2.46. The number of hydrogen-bond donors (Lipinski definition) is 0. The molecular weight excluding hydrogens is 663 g/mol.